The van der Waals surface area contributed by atoms with Crippen LogP contribution in [0, 0.1) is 12.7 Å². The van der Waals surface area contributed by atoms with Crippen LogP contribution in [0.4, 0.5) is 15.9 Å². The van der Waals surface area contributed by atoms with Crippen molar-refractivity contribution in [3.8, 4) is 11.5 Å². The topological polar surface area (TPSA) is 90.6 Å². The van der Waals surface area contributed by atoms with Crippen LogP contribution in [-0.2, 0) is 7.05 Å². The number of rotatable bonds is 4. The number of aryl methyl sites for hydroxylation is 1. The number of halogens is 2. The molecule has 0 atom stereocenters. The molecular weight excluding hydrogens is 421 g/mol. The van der Waals surface area contributed by atoms with Crippen molar-refractivity contribution in [2.24, 2.45) is 7.05 Å². The molecule has 0 unspecified atom stereocenters. The molecule has 1 N–H and O–H groups in total. The Labute approximate surface area is 180 Å². The fourth-order valence-electron chi connectivity index (χ4n) is 3.19. The molecular formula is C21H15ClFN7O. The highest BCUT2D eigenvalue weighted by Gasteiger charge is 2.15. The van der Waals surface area contributed by atoms with E-state index in [1.807, 2.05) is 11.6 Å². The van der Waals surface area contributed by atoms with Gasteiger partial charge in [-0.1, -0.05) is 11.6 Å². The Morgan fingerprint density at radius 3 is 2.81 bits per heavy atom. The van der Waals surface area contributed by atoms with Gasteiger partial charge >= 0.3 is 0 Å². The highest BCUT2D eigenvalue weighted by Crippen LogP contribution is 2.33. The second-order valence-electron chi connectivity index (χ2n) is 6.87. The van der Waals surface area contributed by atoms with Crippen molar-refractivity contribution in [1.82, 2.24) is 29.5 Å². The van der Waals surface area contributed by atoms with Gasteiger partial charge in [0.15, 0.2) is 17.3 Å². The van der Waals surface area contributed by atoms with E-state index in [1.54, 1.807) is 49.8 Å². The summed E-state index contributed by atoms with van der Waals surface area (Å²) in [5.41, 5.74) is 3.03. The fourth-order valence-corrected chi connectivity index (χ4v) is 3.34. The molecule has 4 aromatic heterocycles. The van der Waals surface area contributed by atoms with E-state index >= 15 is 4.39 Å². The maximum atomic E-state index is 15.1. The molecule has 0 amide bonds. The molecule has 0 spiro atoms. The Morgan fingerprint density at radius 2 is 1.94 bits per heavy atom. The lowest BCUT2D eigenvalue weighted by atomic mass is 10.1. The van der Waals surface area contributed by atoms with Crippen LogP contribution >= 0.6 is 11.6 Å². The van der Waals surface area contributed by atoms with Gasteiger partial charge in [0, 0.05) is 18.7 Å². The van der Waals surface area contributed by atoms with Crippen molar-refractivity contribution in [2.75, 3.05) is 5.32 Å². The average molecular weight is 436 g/mol. The minimum absolute atomic E-state index is 0.227. The molecule has 0 aliphatic rings. The molecule has 0 saturated heterocycles. The monoisotopic (exact) mass is 435 g/mol. The standard InChI is InChI=1S/C21H15ClFN7O/c1-11-16(31-12-7-15-21(24-8-12)30(2)10-27-15)5-3-13(18(11)23)28-20-19-14(25-9-26-20)4-6-17(22)29-19/h3-10H,1-2H3,(H,25,26,28). The molecule has 0 radical (unpaired) electrons. The second-order valence-corrected chi connectivity index (χ2v) is 7.26. The number of hydrogen-bond donors (Lipinski definition) is 1. The first-order valence-corrected chi connectivity index (χ1v) is 9.66. The quantitative estimate of drug-likeness (QED) is 0.399. The van der Waals surface area contributed by atoms with Gasteiger partial charge in [-0.15, -0.1) is 0 Å². The Hall–Kier alpha value is -3.85. The van der Waals surface area contributed by atoms with E-state index in [1.165, 1.54) is 6.33 Å². The summed E-state index contributed by atoms with van der Waals surface area (Å²) in [6, 6.07) is 8.36. The minimum Gasteiger partial charge on any atom is -0.455 e. The second kappa shape index (κ2) is 7.44. The SMILES string of the molecule is Cc1c(Oc2cnc3c(c2)ncn3C)ccc(Nc2ncnc3ccc(Cl)nc23)c1F. The molecule has 4 heterocycles. The molecule has 0 saturated carbocycles. The highest BCUT2D eigenvalue weighted by atomic mass is 35.5. The number of aromatic nitrogens is 6. The number of anilines is 2. The summed E-state index contributed by atoms with van der Waals surface area (Å²) in [4.78, 5) is 21.2. The van der Waals surface area contributed by atoms with Crippen molar-refractivity contribution < 1.29 is 9.13 Å². The first kappa shape index (κ1) is 19.1. The molecule has 31 heavy (non-hydrogen) atoms. The normalized spacial score (nSPS) is 11.2. The predicted octanol–water partition coefficient (Wildman–Crippen LogP) is 4.94. The number of pyridine rings is 2. The molecule has 5 aromatic rings. The van der Waals surface area contributed by atoms with Crippen molar-refractivity contribution in [2.45, 2.75) is 6.92 Å². The van der Waals surface area contributed by atoms with Crippen LogP contribution in [0.25, 0.3) is 22.2 Å². The van der Waals surface area contributed by atoms with Crippen molar-refractivity contribution in [1.29, 1.82) is 0 Å². The van der Waals surface area contributed by atoms with Gasteiger partial charge in [-0.25, -0.2) is 29.3 Å². The number of imidazole rings is 1. The van der Waals surface area contributed by atoms with E-state index in [0.29, 0.717) is 44.6 Å². The fraction of sp³-hybridized carbons (Fsp3) is 0.0952. The Balaban J connectivity index is 1.46. The molecule has 1 aromatic carbocycles. The number of ether oxygens (including phenoxy) is 1. The summed E-state index contributed by atoms with van der Waals surface area (Å²) in [5, 5.41) is 3.27. The average Bonchev–Trinajstić information content (AvgIpc) is 3.14. The maximum absolute atomic E-state index is 15.1. The van der Waals surface area contributed by atoms with Gasteiger partial charge in [0.1, 0.15) is 34.0 Å². The maximum Gasteiger partial charge on any atom is 0.160 e. The van der Waals surface area contributed by atoms with E-state index in [4.69, 9.17) is 16.3 Å². The van der Waals surface area contributed by atoms with E-state index in [-0.39, 0.29) is 5.69 Å². The number of fused-ring (bicyclic) bond motifs is 2. The lowest BCUT2D eigenvalue weighted by Gasteiger charge is -2.13. The Kier molecular flexibility index (Phi) is 4.59. The summed E-state index contributed by atoms with van der Waals surface area (Å²) in [5.74, 6) is 0.714. The molecule has 0 fully saturated rings. The molecule has 10 heteroatoms. The van der Waals surface area contributed by atoms with Gasteiger partial charge in [0.2, 0.25) is 0 Å². The zero-order chi connectivity index (χ0) is 21.5. The summed E-state index contributed by atoms with van der Waals surface area (Å²) >= 11 is 5.99. The summed E-state index contributed by atoms with van der Waals surface area (Å²) < 4.78 is 22.8. The molecule has 0 aliphatic heterocycles. The zero-order valence-corrected chi connectivity index (χ0v) is 17.2. The molecule has 0 aliphatic carbocycles. The molecule has 154 valence electrons. The van der Waals surface area contributed by atoms with Crippen LogP contribution in [0.15, 0.2) is 49.2 Å². The van der Waals surface area contributed by atoms with Crippen molar-refractivity contribution in [3.05, 3.63) is 65.7 Å². The van der Waals surface area contributed by atoms with Gasteiger partial charge in [-0.05, 0) is 31.2 Å². The van der Waals surface area contributed by atoms with E-state index in [9.17, 15) is 0 Å². The third-order valence-corrected chi connectivity index (χ3v) is 5.00. The van der Waals surface area contributed by atoms with E-state index in [2.05, 4.69) is 30.2 Å². The third-order valence-electron chi connectivity index (χ3n) is 4.79. The van der Waals surface area contributed by atoms with Gasteiger partial charge in [-0.2, -0.15) is 0 Å². The lowest BCUT2D eigenvalue weighted by molar-refractivity contribution is 0.470. The Morgan fingerprint density at radius 1 is 1.06 bits per heavy atom. The van der Waals surface area contributed by atoms with Crippen molar-refractivity contribution >= 4 is 45.3 Å². The summed E-state index contributed by atoms with van der Waals surface area (Å²) in [7, 11) is 1.86. The number of nitrogens with one attached hydrogen (secondary N) is 1. The van der Waals surface area contributed by atoms with E-state index < -0.39 is 5.82 Å². The van der Waals surface area contributed by atoms with Crippen LogP contribution < -0.4 is 10.1 Å². The smallest absolute Gasteiger partial charge is 0.160 e. The van der Waals surface area contributed by atoms with Crippen LogP contribution in [0.1, 0.15) is 5.56 Å². The van der Waals surface area contributed by atoms with Crippen LogP contribution in [0.5, 0.6) is 11.5 Å². The molecule has 8 nitrogen and oxygen atoms in total. The van der Waals surface area contributed by atoms with Gasteiger partial charge in [-0.3, -0.25) is 0 Å². The number of nitrogens with zero attached hydrogens (tertiary/aromatic N) is 6. The zero-order valence-electron chi connectivity index (χ0n) is 16.5. The number of hydrogen-bond acceptors (Lipinski definition) is 7. The van der Waals surface area contributed by atoms with Gasteiger partial charge in [0.25, 0.3) is 0 Å². The summed E-state index contributed by atoms with van der Waals surface area (Å²) in [6.45, 7) is 1.63. The lowest BCUT2D eigenvalue weighted by Crippen LogP contribution is -2.01. The van der Waals surface area contributed by atoms with Crippen LogP contribution in [0.3, 0.4) is 0 Å². The summed E-state index contributed by atoms with van der Waals surface area (Å²) in [6.07, 6.45) is 4.63. The highest BCUT2D eigenvalue weighted by molar-refractivity contribution is 6.29. The Bertz CT molecular complexity index is 1450. The number of benzene rings is 1. The van der Waals surface area contributed by atoms with Gasteiger partial charge in [0.05, 0.1) is 23.7 Å². The van der Waals surface area contributed by atoms with Crippen LogP contribution in [0.2, 0.25) is 5.15 Å². The predicted molar refractivity (Wildman–Crippen MR) is 115 cm³/mol. The largest absolute Gasteiger partial charge is 0.455 e. The third kappa shape index (κ3) is 3.49. The van der Waals surface area contributed by atoms with Crippen molar-refractivity contribution in [3.63, 3.8) is 0 Å². The minimum atomic E-state index is -0.474. The van der Waals surface area contributed by atoms with Gasteiger partial charge < -0.3 is 14.6 Å². The first-order chi connectivity index (χ1) is 15.0. The van der Waals surface area contributed by atoms with Crippen LogP contribution in [-0.4, -0.2) is 29.5 Å². The molecule has 5 rings (SSSR count). The molecule has 0 bridgehead atoms. The van der Waals surface area contributed by atoms with E-state index in [0.717, 1.165) is 5.65 Å². The first-order valence-electron chi connectivity index (χ1n) is 9.28.